The minimum Gasteiger partial charge on any atom is -0.389 e. The van der Waals surface area contributed by atoms with Crippen LogP contribution in [0, 0.1) is 0 Å². The molecule has 4 heteroatoms. The van der Waals surface area contributed by atoms with E-state index in [1.165, 1.54) is 12.1 Å². The van der Waals surface area contributed by atoms with E-state index in [4.69, 9.17) is 0 Å². The van der Waals surface area contributed by atoms with Crippen molar-refractivity contribution in [1.29, 1.82) is 0 Å². The fraction of sp³-hybridized carbons (Fsp3) is 0.200. The van der Waals surface area contributed by atoms with E-state index < -0.39 is 17.8 Å². The summed E-state index contributed by atoms with van der Waals surface area (Å²) in [5.41, 5.74) is 0.650. The molecule has 0 saturated heterocycles. The quantitative estimate of drug-likeness (QED) is 0.852. The van der Waals surface area contributed by atoms with Crippen LogP contribution in [0.5, 0.6) is 0 Å². The molecule has 2 rings (SSSR count). The molecule has 0 aliphatic heterocycles. The minimum atomic E-state index is -4.38. The molecule has 2 aromatic carbocycles. The average Bonchev–Trinajstić information content (AvgIpc) is 2.38. The van der Waals surface area contributed by atoms with Gasteiger partial charge in [-0.25, -0.2) is 0 Å². The zero-order valence-corrected chi connectivity index (χ0v) is 10.3. The van der Waals surface area contributed by atoms with Crippen LogP contribution in [-0.4, -0.2) is 5.11 Å². The summed E-state index contributed by atoms with van der Waals surface area (Å²) in [4.78, 5) is 0. The zero-order chi connectivity index (χ0) is 14.0. The SMILES string of the molecule is CC(O)c1ccc(-c2ccccc2C(F)(F)F)cc1. The van der Waals surface area contributed by atoms with E-state index in [1.54, 1.807) is 37.3 Å². The van der Waals surface area contributed by atoms with Crippen molar-refractivity contribution in [3.8, 4) is 11.1 Å². The molecular weight excluding hydrogens is 253 g/mol. The summed E-state index contributed by atoms with van der Waals surface area (Å²) >= 11 is 0. The summed E-state index contributed by atoms with van der Waals surface area (Å²) in [6.07, 6.45) is -5.01. The number of alkyl halides is 3. The van der Waals surface area contributed by atoms with Gasteiger partial charge in [0.2, 0.25) is 0 Å². The molecule has 0 aliphatic carbocycles. The Hall–Kier alpha value is -1.81. The molecule has 1 N–H and O–H groups in total. The summed E-state index contributed by atoms with van der Waals surface area (Å²) in [5.74, 6) is 0. The molecule has 19 heavy (non-hydrogen) atoms. The number of benzene rings is 2. The van der Waals surface area contributed by atoms with Crippen molar-refractivity contribution in [3.63, 3.8) is 0 Å². The topological polar surface area (TPSA) is 20.2 Å². The Morgan fingerprint density at radius 3 is 2.05 bits per heavy atom. The van der Waals surface area contributed by atoms with E-state index >= 15 is 0 Å². The Morgan fingerprint density at radius 1 is 0.947 bits per heavy atom. The lowest BCUT2D eigenvalue weighted by Gasteiger charge is -2.13. The minimum absolute atomic E-state index is 0.146. The first-order chi connectivity index (χ1) is 8.89. The highest BCUT2D eigenvalue weighted by Crippen LogP contribution is 2.37. The fourth-order valence-electron chi connectivity index (χ4n) is 1.92. The van der Waals surface area contributed by atoms with Gasteiger partial charge in [0.1, 0.15) is 0 Å². The maximum Gasteiger partial charge on any atom is 0.417 e. The second kappa shape index (κ2) is 5.05. The maximum atomic E-state index is 12.9. The van der Waals surface area contributed by atoms with Crippen molar-refractivity contribution in [1.82, 2.24) is 0 Å². The van der Waals surface area contributed by atoms with E-state index in [0.29, 0.717) is 11.1 Å². The van der Waals surface area contributed by atoms with Crippen LogP contribution in [0.3, 0.4) is 0 Å². The molecule has 0 radical (unpaired) electrons. The summed E-state index contributed by atoms with van der Waals surface area (Å²) in [6.45, 7) is 1.61. The van der Waals surface area contributed by atoms with Crippen molar-refractivity contribution in [3.05, 3.63) is 59.7 Å². The van der Waals surface area contributed by atoms with Crippen LogP contribution in [0.15, 0.2) is 48.5 Å². The lowest BCUT2D eigenvalue weighted by atomic mass is 9.97. The molecule has 0 heterocycles. The molecule has 1 unspecified atom stereocenters. The lowest BCUT2D eigenvalue weighted by molar-refractivity contribution is -0.137. The Labute approximate surface area is 109 Å². The monoisotopic (exact) mass is 266 g/mol. The van der Waals surface area contributed by atoms with Crippen molar-refractivity contribution in [2.24, 2.45) is 0 Å². The molecule has 0 amide bonds. The third kappa shape index (κ3) is 2.96. The smallest absolute Gasteiger partial charge is 0.389 e. The van der Waals surface area contributed by atoms with Gasteiger partial charge in [-0.05, 0) is 29.7 Å². The van der Waals surface area contributed by atoms with Crippen molar-refractivity contribution >= 4 is 0 Å². The lowest BCUT2D eigenvalue weighted by Crippen LogP contribution is -2.06. The van der Waals surface area contributed by atoms with Crippen LogP contribution in [0.25, 0.3) is 11.1 Å². The fourth-order valence-corrected chi connectivity index (χ4v) is 1.92. The molecule has 0 aromatic heterocycles. The second-order valence-corrected chi connectivity index (χ2v) is 4.34. The first kappa shape index (κ1) is 13.6. The summed E-state index contributed by atoms with van der Waals surface area (Å²) in [5, 5.41) is 9.39. The van der Waals surface area contributed by atoms with Crippen LogP contribution >= 0.6 is 0 Å². The Kier molecular flexibility index (Phi) is 3.62. The number of aliphatic hydroxyl groups excluding tert-OH is 1. The standard InChI is InChI=1S/C15H13F3O/c1-10(19)11-6-8-12(9-7-11)13-4-2-3-5-14(13)15(16,17)18/h2-10,19H,1H3. The maximum absolute atomic E-state index is 12.9. The molecule has 1 atom stereocenters. The van der Waals surface area contributed by atoms with Crippen molar-refractivity contribution in [2.75, 3.05) is 0 Å². The third-order valence-corrected chi connectivity index (χ3v) is 2.94. The highest BCUT2D eigenvalue weighted by molar-refractivity contribution is 5.68. The van der Waals surface area contributed by atoms with Crippen LogP contribution in [-0.2, 0) is 6.18 Å². The van der Waals surface area contributed by atoms with E-state index in [1.807, 2.05) is 0 Å². The van der Waals surface area contributed by atoms with Gasteiger partial charge < -0.3 is 5.11 Å². The summed E-state index contributed by atoms with van der Waals surface area (Å²) < 4.78 is 38.7. The van der Waals surface area contributed by atoms with Crippen LogP contribution in [0.4, 0.5) is 13.2 Å². The third-order valence-electron chi connectivity index (χ3n) is 2.94. The van der Waals surface area contributed by atoms with E-state index in [9.17, 15) is 18.3 Å². The number of halogens is 3. The number of aliphatic hydroxyl groups is 1. The Bertz CT molecular complexity index is 556. The van der Waals surface area contributed by atoms with Gasteiger partial charge in [0.25, 0.3) is 0 Å². The van der Waals surface area contributed by atoms with Gasteiger partial charge in [-0.1, -0.05) is 42.5 Å². The first-order valence-corrected chi connectivity index (χ1v) is 5.84. The first-order valence-electron chi connectivity index (χ1n) is 5.84. The zero-order valence-electron chi connectivity index (χ0n) is 10.3. The van der Waals surface area contributed by atoms with Crippen molar-refractivity contribution < 1.29 is 18.3 Å². The number of rotatable bonds is 2. The normalized spacial score (nSPS) is 13.3. The summed E-state index contributed by atoms with van der Waals surface area (Å²) in [6, 6.07) is 11.9. The van der Waals surface area contributed by atoms with Gasteiger partial charge in [-0.15, -0.1) is 0 Å². The van der Waals surface area contributed by atoms with Gasteiger partial charge in [0.05, 0.1) is 11.7 Å². The molecular formula is C15H13F3O. The highest BCUT2D eigenvalue weighted by Gasteiger charge is 2.33. The summed E-state index contributed by atoms with van der Waals surface area (Å²) in [7, 11) is 0. The number of hydrogen-bond donors (Lipinski definition) is 1. The molecule has 0 saturated carbocycles. The van der Waals surface area contributed by atoms with Gasteiger partial charge in [0, 0.05) is 0 Å². The van der Waals surface area contributed by atoms with E-state index in [-0.39, 0.29) is 5.56 Å². The molecule has 1 nitrogen and oxygen atoms in total. The van der Waals surface area contributed by atoms with Gasteiger partial charge in [-0.3, -0.25) is 0 Å². The van der Waals surface area contributed by atoms with E-state index in [0.717, 1.165) is 6.07 Å². The highest BCUT2D eigenvalue weighted by atomic mass is 19.4. The van der Waals surface area contributed by atoms with Crippen LogP contribution in [0.1, 0.15) is 24.2 Å². The molecule has 0 aliphatic rings. The molecule has 100 valence electrons. The molecule has 0 fully saturated rings. The van der Waals surface area contributed by atoms with Crippen LogP contribution < -0.4 is 0 Å². The molecule has 0 bridgehead atoms. The van der Waals surface area contributed by atoms with Crippen LogP contribution in [0.2, 0.25) is 0 Å². The predicted octanol–water partition coefficient (Wildman–Crippen LogP) is 4.43. The predicted molar refractivity (Wildman–Crippen MR) is 67.5 cm³/mol. The Balaban J connectivity index is 2.48. The largest absolute Gasteiger partial charge is 0.417 e. The second-order valence-electron chi connectivity index (χ2n) is 4.34. The van der Waals surface area contributed by atoms with Gasteiger partial charge in [-0.2, -0.15) is 13.2 Å². The molecule has 2 aromatic rings. The Morgan fingerprint density at radius 2 is 1.53 bits per heavy atom. The van der Waals surface area contributed by atoms with Gasteiger partial charge in [0.15, 0.2) is 0 Å². The van der Waals surface area contributed by atoms with E-state index in [2.05, 4.69) is 0 Å². The van der Waals surface area contributed by atoms with Crippen molar-refractivity contribution in [2.45, 2.75) is 19.2 Å². The number of hydrogen-bond acceptors (Lipinski definition) is 1. The van der Waals surface area contributed by atoms with Gasteiger partial charge >= 0.3 is 6.18 Å². The molecule has 0 spiro atoms. The average molecular weight is 266 g/mol.